The summed E-state index contributed by atoms with van der Waals surface area (Å²) in [6, 6.07) is 3.06. The molecule has 0 bridgehead atoms. The third kappa shape index (κ3) is 3.40. The SMILES string of the molecule is CC(OC(C)(C)C)c1ccc(C(=O)O)o1. The van der Waals surface area contributed by atoms with Crippen molar-refractivity contribution >= 4 is 5.97 Å². The van der Waals surface area contributed by atoms with Gasteiger partial charge in [-0.1, -0.05) is 0 Å². The Morgan fingerprint density at radius 3 is 2.47 bits per heavy atom. The van der Waals surface area contributed by atoms with Gasteiger partial charge in [0.15, 0.2) is 0 Å². The highest BCUT2D eigenvalue weighted by Crippen LogP contribution is 2.24. The first kappa shape index (κ1) is 11.8. The standard InChI is InChI=1S/C11H16O4/c1-7(15-11(2,3)4)8-5-6-9(14-8)10(12)13/h5-7H,1-4H3,(H,12,13). The van der Waals surface area contributed by atoms with Gasteiger partial charge in [-0.3, -0.25) is 0 Å². The van der Waals surface area contributed by atoms with E-state index in [4.69, 9.17) is 14.3 Å². The Kier molecular flexibility index (Phi) is 3.19. The van der Waals surface area contributed by atoms with Crippen LogP contribution in [0.5, 0.6) is 0 Å². The molecule has 1 heterocycles. The number of ether oxygens (including phenoxy) is 1. The second kappa shape index (κ2) is 4.06. The number of aromatic carboxylic acids is 1. The normalized spacial score (nSPS) is 13.9. The highest BCUT2D eigenvalue weighted by atomic mass is 16.5. The molecule has 84 valence electrons. The Hall–Kier alpha value is -1.29. The van der Waals surface area contributed by atoms with E-state index in [2.05, 4.69) is 0 Å². The van der Waals surface area contributed by atoms with E-state index in [1.54, 1.807) is 6.07 Å². The summed E-state index contributed by atoms with van der Waals surface area (Å²) in [6.07, 6.45) is -0.252. The summed E-state index contributed by atoms with van der Waals surface area (Å²) in [5, 5.41) is 8.68. The maximum Gasteiger partial charge on any atom is 0.371 e. The largest absolute Gasteiger partial charge is 0.475 e. The van der Waals surface area contributed by atoms with Crippen molar-refractivity contribution in [1.82, 2.24) is 0 Å². The topological polar surface area (TPSA) is 59.7 Å². The van der Waals surface area contributed by atoms with Crippen molar-refractivity contribution in [3.63, 3.8) is 0 Å². The van der Waals surface area contributed by atoms with Crippen LogP contribution in [0.15, 0.2) is 16.5 Å². The molecule has 0 fully saturated rings. The van der Waals surface area contributed by atoms with Gasteiger partial charge in [0.1, 0.15) is 11.9 Å². The summed E-state index contributed by atoms with van der Waals surface area (Å²) in [7, 11) is 0. The molecule has 15 heavy (non-hydrogen) atoms. The number of hydrogen-bond donors (Lipinski definition) is 1. The molecule has 1 rings (SSSR count). The summed E-state index contributed by atoms with van der Waals surface area (Å²) in [4.78, 5) is 10.6. The van der Waals surface area contributed by atoms with Crippen molar-refractivity contribution in [2.75, 3.05) is 0 Å². The predicted molar refractivity (Wildman–Crippen MR) is 54.9 cm³/mol. The van der Waals surface area contributed by atoms with Crippen molar-refractivity contribution in [3.05, 3.63) is 23.7 Å². The summed E-state index contributed by atoms with van der Waals surface area (Å²) >= 11 is 0. The molecular formula is C11H16O4. The Morgan fingerprint density at radius 2 is 2.07 bits per heavy atom. The number of carboxylic acid groups (broad SMARTS) is 1. The van der Waals surface area contributed by atoms with Gasteiger partial charge in [0.2, 0.25) is 5.76 Å². The molecule has 0 aliphatic rings. The van der Waals surface area contributed by atoms with Gasteiger partial charge in [-0.2, -0.15) is 0 Å². The maximum atomic E-state index is 10.6. The van der Waals surface area contributed by atoms with E-state index in [9.17, 15) is 4.79 Å². The number of hydrogen-bond acceptors (Lipinski definition) is 3. The van der Waals surface area contributed by atoms with Gasteiger partial charge in [-0.25, -0.2) is 4.79 Å². The minimum absolute atomic E-state index is 0.0608. The second-order valence-electron chi connectivity index (χ2n) is 4.38. The first-order valence-corrected chi connectivity index (χ1v) is 4.80. The molecule has 0 spiro atoms. The fourth-order valence-corrected chi connectivity index (χ4v) is 1.27. The third-order valence-electron chi connectivity index (χ3n) is 1.77. The molecule has 1 unspecified atom stereocenters. The van der Waals surface area contributed by atoms with E-state index in [0.29, 0.717) is 5.76 Å². The average Bonchev–Trinajstić information content (AvgIpc) is 2.47. The molecule has 1 atom stereocenters. The van der Waals surface area contributed by atoms with Gasteiger partial charge in [0, 0.05) is 0 Å². The molecule has 0 radical (unpaired) electrons. The van der Waals surface area contributed by atoms with Crippen LogP contribution in [-0.2, 0) is 4.74 Å². The van der Waals surface area contributed by atoms with Crippen LogP contribution < -0.4 is 0 Å². The predicted octanol–water partition coefficient (Wildman–Crippen LogP) is 2.85. The lowest BCUT2D eigenvalue weighted by Crippen LogP contribution is -2.21. The molecule has 0 saturated heterocycles. The van der Waals surface area contributed by atoms with Crippen molar-refractivity contribution in [1.29, 1.82) is 0 Å². The summed E-state index contributed by atoms with van der Waals surface area (Å²) in [6.45, 7) is 7.63. The molecule has 0 aliphatic heterocycles. The lowest BCUT2D eigenvalue weighted by atomic mass is 10.2. The first-order chi connectivity index (χ1) is 6.79. The van der Waals surface area contributed by atoms with Crippen molar-refractivity contribution in [3.8, 4) is 0 Å². The molecule has 1 aromatic heterocycles. The molecule has 0 aliphatic carbocycles. The first-order valence-electron chi connectivity index (χ1n) is 4.80. The fourth-order valence-electron chi connectivity index (χ4n) is 1.27. The van der Waals surface area contributed by atoms with Gasteiger partial charge in [-0.05, 0) is 39.8 Å². The van der Waals surface area contributed by atoms with E-state index in [1.165, 1.54) is 6.07 Å². The van der Waals surface area contributed by atoms with Crippen molar-refractivity contribution in [2.24, 2.45) is 0 Å². The van der Waals surface area contributed by atoms with Gasteiger partial charge in [-0.15, -0.1) is 0 Å². The van der Waals surface area contributed by atoms with Gasteiger partial charge in [0.05, 0.1) is 5.60 Å². The lowest BCUT2D eigenvalue weighted by Gasteiger charge is -2.23. The molecule has 0 amide bonds. The molecule has 0 aromatic carbocycles. The van der Waals surface area contributed by atoms with Crippen LogP contribution in [0.1, 0.15) is 50.1 Å². The van der Waals surface area contributed by atoms with Crippen molar-refractivity contribution < 1.29 is 19.1 Å². The summed E-state index contributed by atoms with van der Waals surface area (Å²) < 4.78 is 10.8. The van der Waals surface area contributed by atoms with Gasteiger partial charge >= 0.3 is 5.97 Å². The van der Waals surface area contributed by atoms with E-state index in [0.717, 1.165) is 0 Å². The van der Waals surface area contributed by atoms with Crippen LogP contribution >= 0.6 is 0 Å². The molecule has 4 heteroatoms. The fraction of sp³-hybridized carbons (Fsp3) is 0.545. The smallest absolute Gasteiger partial charge is 0.371 e. The highest BCUT2D eigenvalue weighted by molar-refractivity contribution is 5.84. The van der Waals surface area contributed by atoms with Crippen molar-refractivity contribution in [2.45, 2.75) is 39.4 Å². The number of furan rings is 1. The average molecular weight is 212 g/mol. The van der Waals surface area contributed by atoms with Crippen LogP contribution in [0.4, 0.5) is 0 Å². The van der Waals surface area contributed by atoms with Crippen LogP contribution in [0.3, 0.4) is 0 Å². The molecule has 4 nitrogen and oxygen atoms in total. The zero-order valence-corrected chi connectivity index (χ0v) is 9.40. The Balaban J connectivity index is 2.74. The Bertz CT molecular complexity index is 346. The second-order valence-corrected chi connectivity index (χ2v) is 4.38. The monoisotopic (exact) mass is 212 g/mol. The zero-order chi connectivity index (χ0) is 11.6. The Morgan fingerprint density at radius 1 is 1.47 bits per heavy atom. The Labute approximate surface area is 88.8 Å². The third-order valence-corrected chi connectivity index (χ3v) is 1.77. The van der Waals surface area contributed by atoms with E-state index >= 15 is 0 Å². The quantitative estimate of drug-likeness (QED) is 0.836. The molecule has 1 aromatic rings. The number of carboxylic acids is 1. The van der Waals surface area contributed by atoms with Crippen LogP contribution in [0.2, 0.25) is 0 Å². The zero-order valence-electron chi connectivity index (χ0n) is 9.40. The number of rotatable bonds is 3. The highest BCUT2D eigenvalue weighted by Gasteiger charge is 2.20. The van der Waals surface area contributed by atoms with E-state index in [1.807, 2.05) is 27.7 Å². The molecule has 0 saturated carbocycles. The van der Waals surface area contributed by atoms with E-state index < -0.39 is 5.97 Å². The number of carbonyl (C=O) groups is 1. The minimum atomic E-state index is -1.07. The lowest BCUT2D eigenvalue weighted by molar-refractivity contribution is -0.0615. The van der Waals surface area contributed by atoms with Crippen LogP contribution in [-0.4, -0.2) is 16.7 Å². The maximum absolute atomic E-state index is 10.6. The van der Waals surface area contributed by atoms with Crippen LogP contribution in [0, 0.1) is 0 Å². The summed E-state index contributed by atoms with van der Waals surface area (Å²) in [5.41, 5.74) is -0.282. The van der Waals surface area contributed by atoms with Gasteiger partial charge in [0.25, 0.3) is 0 Å². The van der Waals surface area contributed by atoms with Gasteiger partial charge < -0.3 is 14.3 Å². The van der Waals surface area contributed by atoms with E-state index in [-0.39, 0.29) is 17.5 Å². The summed E-state index contributed by atoms with van der Waals surface area (Å²) in [5.74, 6) is -0.596. The van der Waals surface area contributed by atoms with Crippen LogP contribution in [0.25, 0.3) is 0 Å². The minimum Gasteiger partial charge on any atom is -0.475 e. The molecular weight excluding hydrogens is 196 g/mol. The molecule has 1 N–H and O–H groups in total.